The van der Waals surface area contributed by atoms with Gasteiger partial charge in [0.05, 0.1) is 5.56 Å². The number of imide groups is 1. The van der Waals surface area contributed by atoms with Crippen molar-refractivity contribution in [3.63, 3.8) is 0 Å². The fourth-order valence-corrected chi connectivity index (χ4v) is 3.04. The minimum Gasteiger partial charge on any atom is -0.346 e. The first-order valence-electron chi connectivity index (χ1n) is 10.0. The third-order valence-corrected chi connectivity index (χ3v) is 4.48. The van der Waals surface area contributed by atoms with Gasteiger partial charge < -0.3 is 4.84 Å². The molecule has 2 aromatic rings. The maximum atomic E-state index is 12.9. The zero-order valence-electron chi connectivity index (χ0n) is 18.3. The largest absolute Gasteiger partial charge is 0.358 e. The summed E-state index contributed by atoms with van der Waals surface area (Å²) in [7, 11) is 0. The number of carbonyl (C=O) groups is 3. The minimum absolute atomic E-state index is 0.0808. The first kappa shape index (κ1) is 23.3. The zero-order valence-corrected chi connectivity index (χ0v) is 18.3. The van der Waals surface area contributed by atoms with Crippen molar-refractivity contribution in [3.05, 3.63) is 70.8 Å². The van der Waals surface area contributed by atoms with E-state index in [1.54, 1.807) is 42.5 Å². The summed E-state index contributed by atoms with van der Waals surface area (Å²) >= 11 is 0. The Morgan fingerprint density at radius 2 is 1.53 bits per heavy atom. The number of carbonyl (C=O) groups excluding carboxylic acids is 3. The highest BCUT2D eigenvalue weighted by molar-refractivity contribution is 6.04. The molecule has 0 atom stereocenters. The molecule has 2 rings (SSSR count). The van der Waals surface area contributed by atoms with E-state index in [4.69, 9.17) is 4.84 Å². The van der Waals surface area contributed by atoms with E-state index in [0.717, 1.165) is 22.6 Å². The molecule has 0 aliphatic carbocycles. The first-order valence-corrected chi connectivity index (χ1v) is 10.0. The van der Waals surface area contributed by atoms with E-state index < -0.39 is 17.8 Å². The molecule has 1 N–H and O–H groups in total. The Morgan fingerprint density at radius 1 is 0.933 bits per heavy atom. The Balaban J connectivity index is 2.13. The van der Waals surface area contributed by atoms with Gasteiger partial charge >= 0.3 is 5.97 Å². The number of benzene rings is 2. The first-order chi connectivity index (χ1) is 14.1. The highest BCUT2D eigenvalue weighted by Crippen LogP contribution is 2.22. The molecule has 2 amide bonds. The molecule has 0 saturated heterocycles. The second-order valence-electron chi connectivity index (χ2n) is 8.67. The number of hydrogen-bond donors (Lipinski definition) is 1. The zero-order chi connectivity index (χ0) is 22.3. The lowest BCUT2D eigenvalue weighted by Crippen LogP contribution is -2.48. The van der Waals surface area contributed by atoms with Crippen LogP contribution >= 0.6 is 0 Å². The van der Waals surface area contributed by atoms with Crippen LogP contribution in [0.5, 0.6) is 0 Å². The molecule has 0 unspecified atom stereocenters. The van der Waals surface area contributed by atoms with Gasteiger partial charge in [0.1, 0.15) is 0 Å². The lowest BCUT2D eigenvalue weighted by Gasteiger charge is -2.22. The van der Waals surface area contributed by atoms with Crippen molar-refractivity contribution < 1.29 is 19.2 Å². The Bertz CT molecular complexity index is 881. The molecule has 0 bridgehead atoms. The van der Waals surface area contributed by atoms with Crippen molar-refractivity contribution in [3.8, 4) is 0 Å². The van der Waals surface area contributed by atoms with Crippen molar-refractivity contribution in [1.29, 1.82) is 0 Å². The Labute approximate surface area is 178 Å². The van der Waals surface area contributed by atoms with Crippen molar-refractivity contribution in [2.75, 3.05) is 0 Å². The van der Waals surface area contributed by atoms with E-state index in [1.807, 2.05) is 19.9 Å². The molecule has 0 aromatic heterocycles. The predicted molar refractivity (Wildman–Crippen MR) is 115 cm³/mol. The molecule has 0 heterocycles. The molecule has 6 nitrogen and oxygen atoms in total. The van der Waals surface area contributed by atoms with Crippen LogP contribution in [0.3, 0.4) is 0 Å². The third-order valence-electron chi connectivity index (χ3n) is 4.48. The number of nitrogens with one attached hydrogen (secondary N) is 1. The Kier molecular flexibility index (Phi) is 7.89. The van der Waals surface area contributed by atoms with Crippen LogP contribution in [0.2, 0.25) is 0 Å². The topological polar surface area (TPSA) is 75.7 Å². The third kappa shape index (κ3) is 7.12. The SMILES string of the molecule is Cc1cc(C)cc(C(=O)ONN(C(=O)CCCC(C)(C)C)C(=O)c2ccccc2)c1. The van der Waals surface area contributed by atoms with Gasteiger partial charge in [-0.05, 0) is 56.4 Å². The maximum absolute atomic E-state index is 12.9. The average molecular weight is 411 g/mol. The fraction of sp³-hybridized carbons (Fsp3) is 0.375. The van der Waals surface area contributed by atoms with E-state index >= 15 is 0 Å². The minimum atomic E-state index is -0.671. The van der Waals surface area contributed by atoms with E-state index in [-0.39, 0.29) is 11.8 Å². The molecule has 30 heavy (non-hydrogen) atoms. The van der Waals surface area contributed by atoms with Crippen LogP contribution in [0, 0.1) is 19.3 Å². The van der Waals surface area contributed by atoms with E-state index in [2.05, 4.69) is 26.4 Å². The van der Waals surface area contributed by atoms with Gasteiger partial charge in [0, 0.05) is 12.0 Å². The summed E-state index contributed by atoms with van der Waals surface area (Å²) in [5, 5.41) is 0.776. The second kappa shape index (κ2) is 10.2. The molecule has 6 heteroatoms. The molecule has 2 aromatic carbocycles. The summed E-state index contributed by atoms with van der Waals surface area (Å²) in [5.41, 5.74) is 4.85. The van der Waals surface area contributed by atoms with Crippen molar-refractivity contribution >= 4 is 17.8 Å². The lowest BCUT2D eigenvalue weighted by molar-refractivity contribution is -0.140. The highest BCUT2D eigenvalue weighted by Gasteiger charge is 2.25. The lowest BCUT2D eigenvalue weighted by atomic mass is 9.90. The average Bonchev–Trinajstić information content (AvgIpc) is 2.66. The summed E-state index contributed by atoms with van der Waals surface area (Å²) < 4.78 is 0. The summed E-state index contributed by atoms with van der Waals surface area (Å²) in [6.45, 7) is 10.0. The van der Waals surface area contributed by atoms with Gasteiger partial charge in [-0.1, -0.05) is 61.8 Å². The van der Waals surface area contributed by atoms with Gasteiger partial charge in [0.25, 0.3) is 5.91 Å². The molecule has 0 radical (unpaired) electrons. The normalized spacial score (nSPS) is 11.1. The van der Waals surface area contributed by atoms with Gasteiger partial charge in [-0.2, -0.15) is 5.01 Å². The van der Waals surface area contributed by atoms with Crippen molar-refractivity contribution in [1.82, 2.24) is 10.6 Å². The molecule has 0 aliphatic heterocycles. The summed E-state index contributed by atoms with van der Waals surface area (Å²) in [4.78, 5) is 43.2. The molecule has 160 valence electrons. The standard InChI is InChI=1S/C24H30N2O4/c1-17-14-18(2)16-20(15-17)23(29)30-25-26(21(27)12-9-13-24(3,4)5)22(28)19-10-7-6-8-11-19/h6-8,10-11,14-16,25H,9,12-13H2,1-5H3. The Morgan fingerprint density at radius 3 is 2.10 bits per heavy atom. The van der Waals surface area contributed by atoms with Crippen LogP contribution in [0.15, 0.2) is 48.5 Å². The predicted octanol–water partition coefficient (Wildman–Crippen LogP) is 4.77. The van der Waals surface area contributed by atoms with Crippen molar-refractivity contribution in [2.45, 2.75) is 53.9 Å². The molecule has 0 saturated carbocycles. The highest BCUT2D eigenvalue weighted by atomic mass is 16.7. The van der Waals surface area contributed by atoms with Gasteiger partial charge in [-0.25, -0.2) is 4.79 Å². The van der Waals surface area contributed by atoms with Gasteiger partial charge in [0.2, 0.25) is 5.91 Å². The maximum Gasteiger partial charge on any atom is 0.358 e. The monoisotopic (exact) mass is 410 g/mol. The molecule has 0 spiro atoms. The van der Waals surface area contributed by atoms with Crippen LogP contribution in [0.4, 0.5) is 0 Å². The van der Waals surface area contributed by atoms with E-state index in [9.17, 15) is 14.4 Å². The number of amides is 2. The van der Waals surface area contributed by atoms with Gasteiger partial charge in [-0.15, -0.1) is 0 Å². The molecular formula is C24H30N2O4. The van der Waals surface area contributed by atoms with Crippen molar-refractivity contribution in [2.24, 2.45) is 5.41 Å². The summed E-state index contributed by atoms with van der Waals surface area (Å²) in [6, 6.07) is 13.7. The summed E-state index contributed by atoms with van der Waals surface area (Å²) in [6.07, 6.45) is 1.60. The van der Waals surface area contributed by atoms with Crippen LogP contribution in [-0.2, 0) is 9.63 Å². The molecule has 0 fully saturated rings. The van der Waals surface area contributed by atoms with Crippen LogP contribution in [0.1, 0.15) is 71.9 Å². The number of aryl methyl sites for hydroxylation is 2. The molecular weight excluding hydrogens is 380 g/mol. The van der Waals surface area contributed by atoms with Crippen LogP contribution in [-0.4, -0.2) is 22.8 Å². The Hall–Kier alpha value is -2.99. The van der Waals surface area contributed by atoms with Crippen LogP contribution < -0.4 is 5.59 Å². The summed E-state index contributed by atoms with van der Waals surface area (Å²) in [5.74, 6) is -1.71. The quantitative estimate of drug-likeness (QED) is 0.666. The van der Waals surface area contributed by atoms with Gasteiger partial charge in [0.15, 0.2) is 0 Å². The number of rotatable bonds is 7. The number of nitrogens with zero attached hydrogens (tertiary/aromatic N) is 1. The van der Waals surface area contributed by atoms with E-state index in [1.165, 1.54) is 0 Å². The van der Waals surface area contributed by atoms with Crippen LogP contribution in [0.25, 0.3) is 0 Å². The van der Waals surface area contributed by atoms with Gasteiger partial charge in [-0.3, -0.25) is 9.59 Å². The second-order valence-corrected chi connectivity index (χ2v) is 8.67. The molecule has 0 aliphatic rings. The smallest absolute Gasteiger partial charge is 0.346 e. The fourth-order valence-electron chi connectivity index (χ4n) is 3.04. The number of hydrazine groups is 1. The number of hydrogen-bond acceptors (Lipinski definition) is 5. The van der Waals surface area contributed by atoms with E-state index in [0.29, 0.717) is 17.5 Å².